The van der Waals surface area contributed by atoms with E-state index in [1.165, 1.54) is 32.1 Å². The van der Waals surface area contributed by atoms with Crippen LogP contribution in [0.5, 0.6) is 0 Å². The van der Waals surface area contributed by atoms with Crippen molar-refractivity contribution in [3.63, 3.8) is 0 Å². The molecule has 2 aromatic heterocycles. The van der Waals surface area contributed by atoms with Crippen LogP contribution in [-0.2, 0) is 6.54 Å². The molecule has 2 heterocycles. The Morgan fingerprint density at radius 1 is 1.23 bits per heavy atom. The SMILES string of the molecule is CCNC(=NCc1ccnc(-n2ccnc2)c1)NCC1(CC)CCCC1. The van der Waals surface area contributed by atoms with Crippen LogP contribution in [0.25, 0.3) is 5.82 Å². The summed E-state index contributed by atoms with van der Waals surface area (Å²) in [5.41, 5.74) is 1.58. The van der Waals surface area contributed by atoms with E-state index in [9.17, 15) is 0 Å². The van der Waals surface area contributed by atoms with E-state index in [0.29, 0.717) is 12.0 Å². The van der Waals surface area contributed by atoms with Gasteiger partial charge in [0.2, 0.25) is 0 Å². The highest BCUT2D eigenvalue weighted by Gasteiger charge is 2.31. The molecule has 1 saturated carbocycles. The molecule has 0 unspecified atom stereocenters. The number of aromatic nitrogens is 3. The summed E-state index contributed by atoms with van der Waals surface area (Å²) >= 11 is 0. The van der Waals surface area contributed by atoms with Crippen molar-refractivity contribution in [3.05, 3.63) is 42.6 Å². The Morgan fingerprint density at radius 3 is 2.77 bits per heavy atom. The summed E-state index contributed by atoms with van der Waals surface area (Å²) in [5, 5.41) is 6.94. The van der Waals surface area contributed by atoms with Gasteiger partial charge in [0.15, 0.2) is 5.96 Å². The number of rotatable bonds is 7. The summed E-state index contributed by atoms with van der Waals surface area (Å²) < 4.78 is 1.90. The highest BCUT2D eigenvalue weighted by Crippen LogP contribution is 2.40. The van der Waals surface area contributed by atoms with E-state index in [1.807, 2.05) is 23.0 Å². The van der Waals surface area contributed by atoms with E-state index < -0.39 is 0 Å². The quantitative estimate of drug-likeness (QED) is 0.591. The van der Waals surface area contributed by atoms with Crippen molar-refractivity contribution in [2.75, 3.05) is 13.1 Å². The van der Waals surface area contributed by atoms with Gasteiger partial charge in [0.05, 0.1) is 6.54 Å². The molecule has 0 bridgehead atoms. The third-order valence-corrected chi connectivity index (χ3v) is 5.39. The molecule has 0 radical (unpaired) electrons. The van der Waals surface area contributed by atoms with Crippen LogP contribution in [-0.4, -0.2) is 33.6 Å². The Labute approximate surface area is 156 Å². The smallest absolute Gasteiger partial charge is 0.191 e. The van der Waals surface area contributed by atoms with Gasteiger partial charge in [0.25, 0.3) is 0 Å². The molecule has 0 spiro atoms. The predicted molar refractivity (Wildman–Crippen MR) is 105 cm³/mol. The summed E-state index contributed by atoms with van der Waals surface area (Å²) in [6, 6.07) is 4.07. The minimum Gasteiger partial charge on any atom is -0.357 e. The van der Waals surface area contributed by atoms with E-state index in [4.69, 9.17) is 4.99 Å². The van der Waals surface area contributed by atoms with E-state index >= 15 is 0 Å². The Morgan fingerprint density at radius 2 is 2.08 bits per heavy atom. The third kappa shape index (κ3) is 4.62. The molecule has 0 aliphatic heterocycles. The standard InChI is InChI=1S/C20H30N6/c1-3-20(8-5-6-9-20)15-25-19(22-4-2)24-14-17-7-10-23-18(13-17)26-12-11-21-16-26/h7,10-13,16H,3-6,8-9,14-15H2,1-2H3,(H2,22,24,25). The fourth-order valence-electron chi connectivity index (χ4n) is 3.66. The van der Waals surface area contributed by atoms with Gasteiger partial charge in [-0.2, -0.15) is 0 Å². The second kappa shape index (κ2) is 8.83. The van der Waals surface area contributed by atoms with Crippen molar-refractivity contribution in [2.24, 2.45) is 10.4 Å². The Balaban J connectivity index is 1.64. The molecule has 26 heavy (non-hydrogen) atoms. The van der Waals surface area contributed by atoms with Crippen LogP contribution in [0, 0.1) is 5.41 Å². The number of hydrogen-bond donors (Lipinski definition) is 2. The molecule has 0 atom stereocenters. The molecule has 6 nitrogen and oxygen atoms in total. The molecule has 0 aromatic carbocycles. The van der Waals surface area contributed by atoms with Crippen molar-refractivity contribution in [2.45, 2.75) is 52.5 Å². The zero-order chi connectivity index (χ0) is 18.2. The van der Waals surface area contributed by atoms with Gasteiger partial charge in [0.1, 0.15) is 12.1 Å². The Kier molecular flexibility index (Phi) is 6.26. The first-order valence-electron chi connectivity index (χ1n) is 9.70. The predicted octanol–water partition coefficient (Wildman–Crippen LogP) is 3.29. The highest BCUT2D eigenvalue weighted by atomic mass is 15.2. The number of pyridine rings is 1. The van der Waals surface area contributed by atoms with E-state index in [-0.39, 0.29) is 0 Å². The van der Waals surface area contributed by atoms with Crippen molar-refractivity contribution in [1.29, 1.82) is 0 Å². The van der Waals surface area contributed by atoms with Gasteiger partial charge in [-0.15, -0.1) is 0 Å². The maximum absolute atomic E-state index is 4.77. The number of aliphatic imine (C=N–C) groups is 1. The fourth-order valence-corrected chi connectivity index (χ4v) is 3.66. The molecule has 1 fully saturated rings. The van der Waals surface area contributed by atoms with Crippen molar-refractivity contribution in [3.8, 4) is 5.82 Å². The molecule has 1 aliphatic carbocycles. The van der Waals surface area contributed by atoms with Gasteiger partial charge >= 0.3 is 0 Å². The van der Waals surface area contributed by atoms with Crippen LogP contribution >= 0.6 is 0 Å². The second-order valence-corrected chi connectivity index (χ2v) is 7.10. The van der Waals surface area contributed by atoms with Crippen LogP contribution in [0.15, 0.2) is 42.0 Å². The number of imidazole rings is 1. The molecule has 140 valence electrons. The Hall–Kier alpha value is -2.37. The first-order chi connectivity index (χ1) is 12.7. The summed E-state index contributed by atoms with van der Waals surface area (Å²) in [5.74, 6) is 1.76. The summed E-state index contributed by atoms with van der Waals surface area (Å²) in [6.07, 6.45) is 13.8. The molecular formula is C20H30N6. The summed E-state index contributed by atoms with van der Waals surface area (Å²) in [4.78, 5) is 13.3. The average molecular weight is 355 g/mol. The molecular weight excluding hydrogens is 324 g/mol. The Bertz CT molecular complexity index is 701. The lowest BCUT2D eigenvalue weighted by molar-refractivity contribution is 0.283. The van der Waals surface area contributed by atoms with Gasteiger partial charge < -0.3 is 10.6 Å². The molecule has 1 aliphatic rings. The molecule has 0 saturated heterocycles. The minimum absolute atomic E-state index is 0.446. The number of guanidine groups is 1. The highest BCUT2D eigenvalue weighted by molar-refractivity contribution is 5.79. The van der Waals surface area contributed by atoms with E-state index in [2.05, 4.69) is 40.5 Å². The first-order valence-corrected chi connectivity index (χ1v) is 9.70. The molecule has 3 rings (SSSR count). The van der Waals surface area contributed by atoms with Crippen molar-refractivity contribution in [1.82, 2.24) is 25.2 Å². The number of nitrogens with zero attached hydrogens (tertiary/aromatic N) is 4. The summed E-state index contributed by atoms with van der Waals surface area (Å²) in [6.45, 7) is 6.91. The normalized spacial score (nSPS) is 16.6. The average Bonchev–Trinajstić information content (AvgIpc) is 3.37. The number of hydrogen-bond acceptors (Lipinski definition) is 3. The molecule has 2 aromatic rings. The zero-order valence-electron chi connectivity index (χ0n) is 15.9. The molecule has 2 N–H and O–H groups in total. The van der Waals surface area contributed by atoms with Crippen LogP contribution < -0.4 is 10.6 Å². The third-order valence-electron chi connectivity index (χ3n) is 5.39. The zero-order valence-corrected chi connectivity index (χ0v) is 15.9. The van der Waals surface area contributed by atoms with Gasteiger partial charge in [-0.25, -0.2) is 15.0 Å². The monoisotopic (exact) mass is 354 g/mol. The van der Waals surface area contributed by atoms with E-state index in [0.717, 1.165) is 30.4 Å². The van der Waals surface area contributed by atoms with Crippen molar-refractivity contribution < 1.29 is 0 Å². The topological polar surface area (TPSA) is 67.1 Å². The van der Waals surface area contributed by atoms with E-state index in [1.54, 1.807) is 12.5 Å². The fraction of sp³-hybridized carbons (Fsp3) is 0.550. The first kappa shape index (κ1) is 18.4. The molecule has 6 heteroatoms. The maximum Gasteiger partial charge on any atom is 0.191 e. The second-order valence-electron chi connectivity index (χ2n) is 7.10. The van der Waals surface area contributed by atoms with Crippen molar-refractivity contribution >= 4 is 5.96 Å². The van der Waals surface area contributed by atoms with Crippen LogP contribution in [0.3, 0.4) is 0 Å². The van der Waals surface area contributed by atoms with Crippen LogP contribution in [0.2, 0.25) is 0 Å². The lowest BCUT2D eigenvalue weighted by Gasteiger charge is -2.28. The number of nitrogens with one attached hydrogen (secondary N) is 2. The summed E-state index contributed by atoms with van der Waals surface area (Å²) in [7, 11) is 0. The van der Waals surface area contributed by atoms with Gasteiger partial charge in [-0.3, -0.25) is 4.57 Å². The van der Waals surface area contributed by atoms with Gasteiger partial charge in [-0.05, 0) is 49.3 Å². The van der Waals surface area contributed by atoms with Crippen LogP contribution in [0.4, 0.5) is 0 Å². The minimum atomic E-state index is 0.446. The maximum atomic E-state index is 4.77. The van der Waals surface area contributed by atoms with Gasteiger partial charge in [0, 0.05) is 31.7 Å². The molecule has 0 amide bonds. The van der Waals surface area contributed by atoms with Crippen LogP contribution in [0.1, 0.15) is 51.5 Å². The van der Waals surface area contributed by atoms with Gasteiger partial charge in [-0.1, -0.05) is 19.8 Å². The lowest BCUT2D eigenvalue weighted by atomic mass is 9.83. The lowest BCUT2D eigenvalue weighted by Crippen LogP contribution is -2.42. The largest absolute Gasteiger partial charge is 0.357 e.